The van der Waals surface area contributed by atoms with E-state index in [0.29, 0.717) is 0 Å². The van der Waals surface area contributed by atoms with Gasteiger partial charge in [-0.1, -0.05) is 55.4 Å². The summed E-state index contributed by atoms with van der Waals surface area (Å²) in [6.07, 6.45) is 1.75. The minimum Gasteiger partial charge on any atom is -0.342 e. The van der Waals surface area contributed by atoms with Gasteiger partial charge < -0.3 is 10.2 Å². The summed E-state index contributed by atoms with van der Waals surface area (Å²) >= 11 is 0. The van der Waals surface area contributed by atoms with Crippen LogP contribution in [0.4, 0.5) is 0 Å². The molecule has 2 unspecified atom stereocenters. The molecule has 0 aromatic rings. The van der Waals surface area contributed by atoms with Gasteiger partial charge in [-0.3, -0.25) is 9.59 Å². The number of nitrogens with one attached hydrogen (secondary N) is 1. The van der Waals surface area contributed by atoms with Crippen LogP contribution in [0.3, 0.4) is 0 Å². The molecule has 0 aromatic heterocycles. The van der Waals surface area contributed by atoms with E-state index in [-0.39, 0.29) is 28.7 Å². The number of amides is 2. The number of hydrogen-bond acceptors (Lipinski definition) is 2. The molecule has 1 aliphatic heterocycles. The maximum absolute atomic E-state index is 13.0. The third-order valence-electron chi connectivity index (χ3n) is 4.34. The van der Waals surface area contributed by atoms with E-state index in [2.05, 4.69) is 19.2 Å². The van der Waals surface area contributed by atoms with E-state index in [1.165, 1.54) is 0 Å². The largest absolute Gasteiger partial charge is 0.342 e. The number of rotatable bonds is 3. The molecule has 21 heavy (non-hydrogen) atoms. The quantitative estimate of drug-likeness (QED) is 0.870. The van der Waals surface area contributed by atoms with Crippen LogP contribution in [-0.4, -0.2) is 34.8 Å². The van der Waals surface area contributed by atoms with E-state index in [1.54, 1.807) is 0 Å². The van der Waals surface area contributed by atoms with Gasteiger partial charge in [0.1, 0.15) is 12.1 Å². The summed E-state index contributed by atoms with van der Waals surface area (Å²) < 4.78 is 0. The van der Waals surface area contributed by atoms with Crippen molar-refractivity contribution in [2.45, 2.75) is 86.4 Å². The van der Waals surface area contributed by atoms with Crippen LogP contribution in [0, 0.1) is 10.8 Å². The standard InChI is InChI=1S/C17H32N2O2/c1-9-11(10-2)19-13(17(6,7)8)14(20)18-12(15(19)21)16(3,4)5/h11-13H,9-10H2,1-8H3,(H,18,20). The Kier molecular flexibility index (Phi) is 5.12. The van der Waals surface area contributed by atoms with Gasteiger partial charge in [-0.25, -0.2) is 0 Å². The summed E-state index contributed by atoms with van der Waals surface area (Å²) in [5.74, 6) is 0.0460. The summed E-state index contributed by atoms with van der Waals surface area (Å²) in [4.78, 5) is 27.6. The SMILES string of the molecule is CCC(CC)N1C(=O)C(C(C)(C)C)NC(=O)C1C(C)(C)C. The van der Waals surface area contributed by atoms with E-state index in [0.717, 1.165) is 12.8 Å². The molecule has 1 aliphatic rings. The van der Waals surface area contributed by atoms with Gasteiger partial charge in [-0.2, -0.15) is 0 Å². The van der Waals surface area contributed by atoms with Gasteiger partial charge in [-0.15, -0.1) is 0 Å². The van der Waals surface area contributed by atoms with Crippen molar-refractivity contribution in [1.82, 2.24) is 10.2 Å². The van der Waals surface area contributed by atoms with Gasteiger partial charge >= 0.3 is 0 Å². The third-order valence-corrected chi connectivity index (χ3v) is 4.34. The highest BCUT2D eigenvalue weighted by molar-refractivity contribution is 5.98. The third kappa shape index (κ3) is 3.58. The molecule has 0 spiro atoms. The van der Waals surface area contributed by atoms with E-state index < -0.39 is 12.1 Å². The zero-order chi connectivity index (χ0) is 16.6. The molecule has 1 N–H and O–H groups in total. The lowest BCUT2D eigenvalue weighted by Gasteiger charge is -2.50. The normalized spacial score (nSPS) is 24.5. The molecule has 0 aliphatic carbocycles. The number of carbonyl (C=O) groups excluding carboxylic acids is 2. The molecule has 1 heterocycles. The molecule has 1 fully saturated rings. The van der Waals surface area contributed by atoms with E-state index >= 15 is 0 Å². The van der Waals surface area contributed by atoms with Crippen LogP contribution >= 0.6 is 0 Å². The van der Waals surface area contributed by atoms with Gasteiger partial charge in [0.15, 0.2) is 0 Å². The first-order chi connectivity index (χ1) is 9.45. The molecule has 0 aromatic carbocycles. The summed E-state index contributed by atoms with van der Waals surface area (Å²) in [5.41, 5.74) is -0.551. The van der Waals surface area contributed by atoms with E-state index in [1.807, 2.05) is 46.4 Å². The maximum Gasteiger partial charge on any atom is 0.246 e. The van der Waals surface area contributed by atoms with Gasteiger partial charge in [0.25, 0.3) is 0 Å². The zero-order valence-electron chi connectivity index (χ0n) is 14.9. The Morgan fingerprint density at radius 3 is 1.81 bits per heavy atom. The van der Waals surface area contributed by atoms with Crippen molar-refractivity contribution in [2.75, 3.05) is 0 Å². The lowest BCUT2D eigenvalue weighted by Crippen LogP contribution is -2.71. The Labute approximate surface area is 129 Å². The van der Waals surface area contributed by atoms with Crippen molar-refractivity contribution in [1.29, 1.82) is 0 Å². The monoisotopic (exact) mass is 296 g/mol. The lowest BCUT2D eigenvalue weighted by atomic mass is 9.78. The molecule has 0 radical (unpaired) electrons. The molecular weight excluding hydrogens is 264 g/mol. The fraction of sp³-hybridized carbons (Fsp3) is 0.882. The van der Waals surface area contributed by atoms with Crippen molar-refractivity contribution >= 4 is 11.8 Å². The highest BCUT2D eigenvalue weighted by Gasteiger charge is 2.50. The maximum atomic E-state index is 13.0. The molecule has 0 bridgehead atoms. The topological polar surface area (TPSA) is 49.4 Å². The van der Waals surface area contributed by atoms with Crippen LogP contribution in [0.2, 0.25) is 0 Å². The predicted molar refractivity (Wildman–Crippen MR) is 85.8 cm³/mol. The number of piperazine rings is 1. The molecule has 4 nitrogen and oxygen atoms in total. The summed E-state index contributed by atoms with van der Waals surface area (Å²) in [7, 11) is 0. The first-order valence-electron chi connectivity index (χ1n) is 8.07. The summed E-state index contributed by atoms with van der Waals surface area (Å²) in [6, 6.07) is -0.713. The Balaban J connectivity index is 3.30. The lowest BCUT2D eigenvalue weighted by molar-refractivity contribution is -0.160. The molecule has 2 atom stereocenters. The Bertz CT molecular complexity index is 400. The number of nitrogens with zero attached hydrogens (tertiary/aromatic N) is 1. The fourth-order valence-electron chi connectivity index (χ4n) is 3.16. The second-order valence-electron chi connectivity index (χ2n) is 8.29. The highest BCUT2D eigenvalue weighted by Crippen LogP contribution is 2.34. The van der Waals surface area contributed by atoms with Crippen molar-refractivity contribution in [3.8, 4) is 0 Å². The molecular formula is C17H32N2O2. The van der Waals surface area contributed by atoms with Crippen molar-refractivity contribution in [3.05, 3.63) is 0 Å². The van der Waals surface area contributed by atoms with Crippen LogP contribution < -0.4 is 5.32 Å². The molecule has 1 saturated heterocycles. The Hall–Kier alpha value is -1.06. The molecule has 0 saturated carbocycles. The van der Waals surface area contributed by atoms with Crippen LogP contribution in [0.15, 0.2) is 0 Å². The average Bonchev–Trinajstić information content (AvgIpc) is 2.31. The van der Waals surface area contributed by atoms with Crippen LogP contribution in [0.25, 0.3) is 0 Å². The van der Waals surface area contributed by atoms with Crippen molar-refractivity contribution in [2.24, 2.45) is 10.8 Å². The number of carbonyl (C=O) groups is 2. The van der Waals surface area contributed by atoms with E-state index in [4.69, 9.17) is 0 Å². The highest BCUT2D eigenvalue weighted by atomic mass is 16.2. The fourth-order valence-corrected chi connectivity index (χ4v) is 3.16. The summed E-state index contributed by atoms with van der Waals surface area (Å²) in [5, 5.41) is 2.97. The van der Waals surface area contributed by atoms with Crippen molar-refractivity contribution < 1.29 is 9.59 Å². The molecule has 4 heteroatoms. The smallest absolute Gasteiger partial charge is 0.246 e. The van der Waals surface area contributed by atoms with E-state index in [9.17, 15) is 9.59 Å². The first-order valence-corrected chi connectivity index (χ1v) is 8.07. The Morgan fingerprint density at radius 1 is 1.00 bits per heavy atom. The Morgan fingerprint density at radius 2 is 1.48 bits per heavy atom. The second-order valence-corrected chi connectivity index (χ2v) is 8.29. The van der Waals surface area contributed by atoms with Crippen LogP contribution in [-0.2, 0) is 9.59 Å². The van der Waals surface area contributed by atoms with Crippen LogP contribution in [0.1, 0.15) is 68.2 Å². The molecule has 122 valence electrons. The van der Waals surface area contributed by atoms with Crippen LogP contribution in [0.5, 0.6) is 0 Å². The average molecular weight is 296 g/mol. The first kappa shape index (κ1) is 18.0. The predicted octanol–water partition coefficient (Wildman–Crippen LogP) is 2.96. The minimum absolute atomic E-state index is 0.0195. The van der Waals surface area contributed by atoms with Gasteiger partial charge in [-0.05, 0) is 23.7 Å². The van der Waals surface area contributed by atoms with Gasteiger partial charge in [0.05, 0.1) is 0 Å². The van der Waals surface area contributed by atoms with Gasteiger partial charge in [0.2, 0.25) is 11.8 Å². The molecule has 2 amide bonds. The molecule has 1 rings (SSSR count). The van der Waals surface area contributed by atoms with Gasteiger partial charge in [0, 0.05) is 6.04 Å². The summed E-state index contributed by atoms with van der Waals surface area (Å²) in [6.45, 7) is 16.2. The van der Waals surface area contributed by atoms with Crippen molar-refractivity contribution in [3.63, 3.8) is 0 Å². The number of hydrogen-bond donors (Lipinski definition) is 1. The minimum atomic E-state index is -0.441. The zero-order valence-corrected chi connectivity index (χ0v) is 14.9. The second kappa shape index (κ2) is 5.98.